The molecule has 0 saturated heterocycles. The van der Waals surface area contributed by atoms with Crippen LogP contribution in [0.2, 0.25) is 10.0 Å². The number of ether oxygens (including phenoxy) is 1. The van der Waals surface area contributed by atoms with E-state index in [2.05, 4.69) is 16.8 Å². The second-order valence-corrected chi connectivity index (χ2v) is 10.00. The molecule has 2 heterocycles. The number of aromatic nitrogens is 2. The predicted octanol–water partition coefficient (Wildman–Crippen LogP) is 7.48. The first-order valence-corrected chi connectivity index (χ1v) is 13.1. The molecule has 4 rings (SSSR count). The molecule has 8 heteroatoms. The molecule has 0 atom stereocenters. The Bertz CT molecular complexity index is 1310. The van der Waals surface area contributed by atoms with Gasteiger partial charge in [0.1, 0.15) is 10.8 Å². The third-order valence-corrected chi connectivity index (χ3v) is 7.12. The molecule has 2 aromatic carbocycles. The number of unbranched alkanes of at least 4 members (excludes halogenated alkanes) is 1. The minimum Gasteiger partial charge on any atom is -0.497 e. The third-order valence-electron chi connectivity index (χ3n) is 5.79. The van der Waals surface area contributed by atoms with E-state index in [9.17, 15) is 4.79 Å². The van der Waals surface area contributed by atoms with Gasteiger partial charge in [0.25, 0.3) is 5.91 Å². The zero-order valence-corrected chi connectivity index (χ0v) is 22.2. The van der Waals surface area contributed by atoms with Gasteiger partial charge < -0.3 is 14.6 Å². The van der Waals surface area contributed by atoms with Gasteiger partial charge in [-0.1, -0.05) is 36.5 Å². The standard InChI is InChI=1S/C27H27Cl2N3O2S/c1-4-5-10-30-26(33)23-14-25(32(17(23)2)15-18-11-20(28)13-21(29)12-18)24-16-35-27(31-24)19-6-8-22(34-3)9-7-19/h6-9,11-14,16H,4-5,10,15H2,1-3H3,(H,30,33). The molecular weight excluding hydrogens is 501 g/mol. The fourth-order valence-electron chi connectivity index (χ4n) is 3.91. The molecule has 0 spiro atoms. The number of hydrogen-bond donors (Lipinski definition) is 1. The largest absolute Gasteiger partial charge is 0.497 e. The quantitative estimate of drug-likeness (QED) is 0.229. The Morgan fingerprint density at radius 2 is 1.83 bits per heavy atom. The highest BCUT2D eigenvalue weighted by atomic mass is 35.5. The summed E-state index contributed by atoms with van der Waals surface area (Å²) in [6.45, 7) is 5.22. The van der Waals surface area contributed by atoms with Crippen molar-refractivity contribution in [3.8, 4) is 27.7 Å². The van der Waals surface area contributed by atoms with Gasteiger partial charge in [0.15, 0.2) is 0 Å². The average molecular weight is 529 g/mol. The van der Waals surface area contributed by atoms with Crippen LogP contribution in [-0.2, 0) is 6.54 Å². The molecule has 0 fully saturated rings. The summed E-state index contributed by atoms with van der Waals surface area (Å²) in [5, 5.41) is 7.10. The molecule has 1 amide bonds. The second-order valence-electron chi connectivity index (χ2n) is 8.27. The topological polar surface area (TPSA) is 56.1 Å². The fourth-order valence-corrected chi connectivity index (χ4v) is 5.30. The molecule has 0 unspecified atom stereocenters. The van der Waals surface area contributed by atoms with Crippen LogP contribution in [0.5, 0.6) is 5.75 Å². The van der Waals surface area contributed by atoms with Gasteiger partial charge in [-0.3, -0.25) is 4.79 Å². The van der Waals surface area contributed by atoms with Crippen LogP contribution in [0, 0.1) is 6.92 Å². The molecule has 0 aliphatic rings. The summed E-state index contributed by atoms with van der Waals surface area (Å²) in [6.07, 6.45) is 1.96. The molecule has 2 aromatic heterocycles. The van der Waals surface area contributed by atoms with Gasteiger partial charge in [-0.25, -0.2) is 4.98 Å². The smallest absolute Gasteiger partial charge is 0.253 e. The molecule has 1 N–H and O–H groups in total. The van der Waals surface area contributed by atoms with Crippen molar-refractivity contribution in [1.29, 1.82) is 0 Å². The monoisotopic (exact) mass is 527 g/mol. The Morgan fingerprint density at radius 1 is 1.11 bits per heavy atom. The van der Waals surface area contributed by atoms with Crippen molar-refractivity contribution in [2.24, 2.45) is 0 Å². The summed E-state index contributed by atoms with van der Waals surface area (Å²) in [7, 11) is 1.65. The molecule has 0 radical (unpaired) electrons. The van der Waals surface area contributed by atoms with Crippen LogP contribution in [0.15, 0.2) is 53.9 Å². The summed E-state index contributed by atoms with van der Waals surface area (Å²) in [5.74, 6) is 0.722. The van der Waals surface area contributed by atoms with Gasteiger partial charge in [-0.05, 0) is 67.4 Å². The lowest BCUT2D eigenvalue weighted by Gasteiger charge is -2.12. The number of thiazole rings is 1. The molecule has 0 bridgehead atoms. The van der Waals surface area contributed by atoms with E-state index >= 15 is 0 Å². The SMILES string of the molecule is CCCCNC(=O)c1cc(-c2csc(-c3ccc(OC)cc3)n2)n(Cc2cc(Cl)cc(Cl)c2)c1C. The number of methoxy groups -OCH3 is 1. The van der Waals surface area contributed by atoms with E-state index in [1.54, 1.807) is 24.5 Å². The van der Waals surface area contributed by atoms with E-state index < -0.39 is 0 Å². The van der Waals surface area contributed by atoms with E-state index in [4.69, 9.17) is 32.9 Å². The number of rotatable bonds is 9. The normalized spacial score (nSPS) is 11.0. The number of carbonyl (C=O) groups excluding carboxylic acids is 1. The van der Waals surface area contributed by atoms with E-state index in [-0.39, 0.29) is 5.91 Å². The number of halogens is 2. The number of carbonyl (C=O) groups is 1. The van der Waals surface area contributed by atoms with Gasteiger partial charge in [-0.2, -0.15) is 0 Å². The molecule has 0 aliphatic heterocycles. The Kier molecular flexibility index (Phi) is 8.16. The number of benzene rings is 2. The lowest BCUT2D eigenvalue weighted by Crippen LogP contribution is -2.24. The van der Waals surface area contributed by atoms with E-state index in [1.165, 1.54) is 0 Å². The summed E-state index contributed by atoms with van der Waals surface area (Å²) >= 11 is 14.1. The highest BCUT2D eigenvalue weighted by Crippen LogP contribution is 2.33. The predicted molar refractivity (Wildman–Crippen MR) is 145 cm³/mol. The van der Waals surface area contributed by atoms with Gasteiger partial charge >= 0.3 is 0 Å². The maximum atomic E-state index is 13.0. The van der Waals surface area contributed by atoms with Crippen molar-refractivity contribution in [3.63, 3.8) is 0 Å². The van der Waals surface area contributed by atoms with Crippen LogP contribution >= 0.6 is 34.5 Å². The molecular formula is C27H27Cl2N3O2S. The van der Waals surface area contributed by atoms with Gasteiger partial charge in [0.2, 0.25) is 0 Å². The van der Waals surface area contributed by atoms with Crippen molar-refractivity contribution < 1.29 is 9.53 Å². The summed E-state index contributed by atoms with van der Waals surface area (Å²) in [4.78, 5) is 17.9. The Balaban J connectivity index is 1.73. The van der Waals surface area contributed by atoms with Gasteiger partial charge in [0, 0.05) is 39.8 Å². The minimum atomic E-state index is -0.0781. The lowest BCUT2D eigenvalue weighted by atomic mass is 10.2. The summed E-state index contributed by atoms with van der Waals surface area (Å²) < 4.78 is 7.37. The maximum absolute atomic E-state index is 13.0. The van der Waals surface area contributed by atoms with Crippen molar-refractivity contribution in [3.05, 3.63) is 80.8 Å². The molecule has 35 heavy (non-hydrogen) atoms. The summed E-state index contributed by atoms with van der Waals surface area (Å²) in [5.41, 5.74) is 5.15. The number of nitrogens with zero attached hydrogens (tertiary/aromatic N) is 2. The van der Waals surface area contributed by atoms with Crippen molar-refractivity contribution in [1.82, 2.24) is 14.9 Å². The van der Waals surface area contributed by atoms with E-state index in [0.29, 0.717) is 28.7 Å². The van der Waals surface area contributed by atoms with Gasteiger partial charge in [-0.15, -0.1) is 11.3 Å². The zero-order chi connectivity index (χ0) is 24.9. The number of amides is 1. The van der Waals surface area contributed by atoms with Crippen LogP contribution in [-0.4, -0.2) is 29.1 Å². The second kappa shape index (κ2) is 11.3. The van der Waals surface area contributed by atoms with Crippen LogP contribution < -0.4 is 10.1 Å². The van der Waals surface area contributed by atoms with Gasteiger partial charge in [0.05, 0.1) is 24.1 Å². The Hall–Kier alpha value is -2.80. The van der Waals surface area contributed by atoms with Crippen molar-refractivity contribution >= 4 is 40.4 Å². The average Bonchev–Trinajstić information content (AvgIpc) is 3.44. The number of nitrogens with one attached hydrogen (secondary N) is 1. The molecule has 182 valence electrons. The first-order chi connectivity index (χ1) is 16.9. The molecule has 0 saturated carbocycles. The lowest BCUT2D eigenvalue weighted by molar-refractivity contribution is 0.0952. The zero-order valence-electron chi connectivity index (χ0n) is 19.9. The highest BCUT2D eigenvalue weighted by molar-refractivity contribution is 7.13. The van der Waals surface area contributed by atoms with Crippen LogP contribution in [0.25, 0.3) is 22.0 Å². The minimum absolute atomic E-state index is 0.0781. The van der Waals surface area contributed by atoms with E-state index in [0.717, 1.165) is 51.8 Å². The molecule has 4 aromatic rings. The first-order valence-electron chi connectivity index (χ1n) is 11.4. The Morgan fingerprint density at radius 3 is 2.49 bits per heavy atom. The van der Waals surface area contributed by atoms with E-state index in [1.807, 2.05) is 54.8 Å². The highest BCUT2D eigenvalue weighted by Gasteiger charge is 2.21. The third kappa shape index (κ3) is 5.89. The van der Waals surface area contributed by atoms with Crippen LogP contribution in [0.1, 0.15) is 41.4 Å². The fraction of sp³-hybridized carbons (Fsp3) is 0.259. The number of hydrogen-bond acceptors (Lipinski definition) is 4. The maximum Gasteiger partial charge on any atom is 0.253 e. The van der Waals surface area contributed by atoms with Crippen molar-refractivity contribution in [2.75, 3.05) is 13.7 Å². The first kappa shape index (κ1) is 25.3. The van der Waals surface area contributed by atoms with Crippen molar-refractivity contribution in [2.45, 2.75) is 33.2 Å². The molecule has 5 nitrogen and oxygen atoms in total. The summed E-state index contributed by atoms with van der Waals surface area (Å²) in [6, 6.07) is 15.2. The van der Waals surface area contributed by atoms with Crippen LogP contribution in [0.4, 0.5) is 0 Å². The van der Waals surface area contributed by atoms with Crippen LogP contribution in [0.3, 0.4) is 0 Å². The molecule has 0 aliphatic carbocycles. The Labute approximate surface area is 219 Å².